The quantitative estimate of drug-likeness (QED) is 0.640. The largest absolute Gasteiger partial charge is 0.465 e. The van der Waals surface area contributed by atoms with E-state index in [-0.39, 0.29) is 10.2 Å². The molecule has 0 radical (unpaired) electrons. The van der Waals surface area contributed by atoms with E-state index >= 15 is 0 Å². The smallest absolute Gasteiger partial charge is 0.417 e. The molecule has 1 aromatic rings. The summed E-state index contributed by atoms with van der Waals surface area (Å²) in [4.78, 5) is 11.2. The molecule has 0 saturated carbocycles. The number of ether oxygens (including phenoxy) is 1. The molecule has 7 heteroatoms. The van der Waals surface area contributed by atoms with E-state index in [1.54, 1.807) is 0 Å². The van der Waals surface area contributed by atoms with Gasteiger partial charge in [0.15, 0.2) is 0 Å². The van der Waals surface area contributed by atoms with Crippen LogP contribution in [-0.2, 0) is 10.9 Å². The van der Waals surface area contributed by atoms with Gasteiger partial charge in [0, 0.05) is 10.2 Å². The van der Waals surface area contributed by atoms with Crippen LogP contribution in [0.2, 0.25) is 0 Å². The predicted molar refractivity (Wildman–Crippen MR) is 54.9 cm³/mol. The van der Waals surface area contributed by atoms with Crippen LogP contribution in [0, 0.1) is 0 Å². The number of esters is 1. The van der Waals surface area contributed by atoms with Gasteiger partial charge in [-0.25, -0.2) is 4.79 Å². The Morgan fingerprint density at radius 1 is 1.44 bits per heavy atom. The van der Waals surface area contributed by atoms with Crippen molar-refractivity contribution in [1.82, 2.24) is 0 Å². The average Bonchev–Trinajstić information content (AvgIpc) is 2.14. The standard InChI is InChI=1S/C9H7BrF3NO2/c1-16-8(15)7-5(9(11,12)13)2-4(10)3-6(7)14/h2-3H,14H2,1H3. The van der Waals surface area contributed by atoms with E-state index < -0.39 is 23.3 Å². The molecular weight excluding hydrogens is 291 g/mol. The van der Waals surface area contributed by atoms with Crippen molar-refractivity contribution < 1.29 is 22.7 Å². The van der Waals surface area contributed by atoms with Crippen molar-refractivity contribution in [1.29, 1.82) is 0 Å². The van der Waals surface area contributed by atoms with Crippen LogP contribution in [0.15, 0.2) is 16.6 Å². The molecular formula is C9H7BrF3NO2. The monoisotopic (exact) mass is 297 g/mol. The van der Waals surface area contributed by atoms with Crippen LogP contribution in [0.4, 0.5) is 18.9 Å². The van der Waals surface area contributed by atoms with E-state index in [1.165, 1.54) is 6.07 Å². The van der Waals surface area contributed by atoms with Gasteiger partial charge in [-0.05, 0) is 12.1 Å². The SMILES string of the molecule is COC(=O)c1c(N)cc(Br)cc1C(F)(F)F. The minimum Gasteiger partial charge on any atom is -0.465 e. The van der Waals surface area contributed by atoms with Crippen LogP contribution >= 0.6 is 15.9 Å². The molecule has 88 valence electrons. The molecule has 0 atom stereocenters. The van der Waals surface area contributed by atoms with Crippen molar-refractivity contribution in [2.75, 3.05) is 12.8 Å². The lowest BCUT2D eigenvalue weighted by atomic mass is 10.1. The van der Waals surface area contributed by atoms with Crippen LogP contribution in [0.25, 0.3) is 0 Å². The van der Waals surface area contributed by atoms with Crippen molar-refractivity contribution in [3.8, 4) is 0 Å². The molecule has 0 aliphatic carbocycles. The maximum absolute atomic E-state index is 12.6. The number of carbonyl (C=O) groups excluding carboxylic acids is 1. The van der Waals surface area contributed by atoms with Gasteiger partial charge in [0.25, 0.3) is 0 Å². The predicted octanol–water partition coefficient (Wildman–Crippen LogP) is 2.84. The number of halogens is 4. The molecule has 1 aromatic carbocycles. The van der Waals surface area contributed by atoms with Crippen molar-refractivity contribution in [3.63, 3.8) is 0 Å². The Morgan fingerprint density at radius 2 is 2.00 bits per heavy atom. The summed E-state index contributed by atoms with van der Waals surface area (Å²) in [6, 6.07) is 1.99. The Kier molecular flexibility index (Phi) is 3.47. The summed E-state index contributed by atoms with van der Waals surface area (Å²) < 4.78 is 42.3. The summed E-state index contributed by atoms with van der Waals surface area (Å²) in [6.45, 7) is 0. The second kappa shape index (κ2) is 4.32. The number of nitrogens with two attached hydrogens (primary N) is 1. The van der Waals surface area contributed by atoms with Crippen LogP contribution < -0.4 is 5.73 Å². The zero-order valence-corrected chi connectivity index (χ0v) is 9.65. The lowest BCUT2D eigenvalue weighted by Gasteiger charge is -2.13. The fraction of sp³-hybridized carbons (Fsp3) is 0.222. The zero-order chi connectivity index (χ0) is 12.5. The molecule has 0 spiro atoms. The normalized spacial score (nSPS) is 11.3. The molecule has 2 N–H and O–H groups in total. The Morgan fingerprint density at radius 3 is 2.44 bits per heavy atom. The zero-order valence-electron chi connectivity index (χ0n) is 8.06. The molecule has 0 aromatic heterocycles. The number of hydrogen-bond donors (Lipinski definition) is 1. The minimum atomic E-state index is -4.67. The van der Waals surface area contributed by atoms with Crippen molar-refractivity contribution in [2.45, 2.75) is 6.18 Å². The van der Waals surface area contributed by atoms with Crippen LogP contribution in [0.5, 0.6) is 0 Å². The van der Waals surface area contributed by atoms with Crippen LogP contribution in [0.1, 0.15) is 15.9 Å². The first-order chi connectivity index (χ1) is 7.27. The highest BCUT2D eigenvalue weighted by Crippen LogP contribution is 2.36. The second-order valence-electron chi connectivity index (χ2n) is 2.91. The Bertz CT molecular complexity index is 431. The maximum atomic E-state index is 12.6. The topological polar surface area (TPSA) is 52.3 Å². The van der Waals surface area contributed by atoms with Gasteiger partial charge in [0.2, 0.25) is 0 Å². The second-order valence-corrected chi connectivity index (χ2v) is 3.82. The van der Waals surface area contributed by atoms with Gasteiger partial charge in [-0.1, -0.05) is 15.9 Å². The van der Waals surface area contributed by atoms with E-state index in [0.29, 0.717) is 0 Å². The molecule has 1 rings (SSSR count). The first kappa shape index (κ1) is 12.8. The molecule has 0 unspecified atom stereocenters. The van der Waals surface area contributed by atoms with E-state index in [9.17, 15) is 18.0 Å². The third kappa shape index (κ3) is 2.46. The van der Waals surface area contributed by atoms with Crippen LogP contribution in [-0.4, -0.2) is 13.1 Å². The number of alkyl halides is 3. The van der Waals surface area contributed by atoms with E-state index in [2.05, 4.69) is 20.7 Å². The van der Waals surface area contributed by atoms with Gasteiger partial charge in [0.05, 0.1) is 18.2 Å². The molecule has 0 aliphatic rings. The summed E-state index contributed by atoms with van der Waals surface area (Å²) in [7, 11) is 0.990. The van der Waals surface area contributed by atoms with Gasteiger partial charge in [-0.3, -0.25) is 0 Å². The third-order valence-corrected chi connectivity index (χ3v) is 2.29. The fourth-order valence-electron chi connectivity index (χ4n) is 1.18. The molecule has 0 heterocycles. The van der Waals surface area contributed by atoms with E-state index in [4.69, 9.17) is 5.73 Å². The number of benzene rings is 1. The Balaban J connectivity index is 3.51. The highest BCUT2D eigenvalue weighted by molar-refractivity contribution is 9.10. The number of rotatable bonds is 1. The first-order valence-corrected chi connectivity index (χ1v) is 4.81. The summed E-state index contributed by atoms with van der Waals surface area (Å²) in [5.41, 5.74) is 3.29. The molecule has 0 fully saturated rings. The molecule has 0 aliphatic heterocycles. The highest BCUT2D eigenvalue weighted by atomic mass is 79.9. The van der Waals surface area contributed by atoms with Gasteiger partial charge >= 0.3 is 12.1 Å². The first-order valence-electron chi connectivity index (χ1n) is 4.02. The molecule has 0 amide bonds. The average molecular weight is 298 g/mol. The molecule has 3 nitrogen and oxygen atoms in total. The molecule has 0 bridgehead atoms. The lowest BCUT2D eigenvalue weighted by molar-refractivity contribution is -0.138. The van der Waals surface area contributed by atoms with Crippen molar-refractivity contribution >= 4 is 27.6 Å². The maximum Gasteiger partial charge on any atom is 0.417 e. The van der Waals surface area contributed by atoms with E-state index in [1.807, 2.05) is 0 Å². The van der Waals surface area contributed by atoms with Gasteiger partial charge in [0.1, 0.15) is 0 Å². The van der Waals surface area contributed by atoms with Gasteiger partial charge in [-0.2, -0.15) is 13.2 Å². The van der Waals surface area contributed by atoms with Gasteiger partial charge < -0.3 is 10.5 Å². The Labute approximate surface area is 97.5 Å². The molecule has 0 saturated heterocycles. The Hall–Kier alpha value is -1.24. The minimum absolute atomic E-state index is 0.143. The summed E-state index contributed by atoms with van der Waals surface area (Å²) in [5.74, 6) is -1.11. The number of hydrogen-bond acceptors (Lipinski definition) is 3. The highest BCUT2D eigenvalue weighted by Gasteiger charge is 2.37. The van der Waals surface area contributed by atoms with Gasteiger partial charge in [-0.15, -0.1) is 0 Å². The lowest BCUT2D eigenvalue weighted by Crippen LogP contribution is -2.16. The number of methoxy groups -OCH3 is 1. The summed E-state index contributed by atoms with van der Waals surface area (Å²) >= 11 is 2.88. The van der Waals surface area contributed by atoms with Crippen molar-refractivity contribution in [3.05, 3.63) is 27.7 Å². The summed E-state index contributed by atoms with van der Waals surface area (Å²) in [6.07, 6.45) is -4.67. The number of nitrogen functional groups attached to an aromatic ring is 1. The fourth-order valence-corrected chi connectivity index (χ4v) is 1.66. The number of anilines is 1. The summed E-state index contributed by atoms with van der Waals surface area (Å²) in [5, 5.41) is 0. The third-order valence-electron chi connectivity index (χ3n) is 1.83. The molecule has 16 heavy (non-hydrogen) atoms. The van der Waals surface area contributed by atoms with E-state index in [0.717, 1.165) is 13.2 Å². The van der Waals surface area contributed by atoms with Crippen LogP contribution in [0.3, 0.4) is 0 Å². The number of carbonyl (C=O) groups is 1. The van der Waals surface area contributed by atoms with Crippen molar-refractivity contribution in [2.24, 2.45) is 0 Å².